The number of hydrogen-bond acceptors (Lipinski definition) is 6. The minimum Gasteiger partial charge on any atom is -0.493 e. The van der Waals surface area contributed by atoms with E-state index in [1.807, 2.05) is 30.3 Å². The lowest BCUT2D eigenvalue weighted by Gasteiger charge is -2.10. The van der Waals surface area contributed by atoms with Crippen molar-refractivity contribution in [2.24, 2.45) is 5.10 Å². The van der Waals surface area contributed by atoms with Crippen LogP contribution >= 0.6 is 11.6 Å². The quantitative estimate of drug-likeness (QED) is 0.361. The Kier molecular flexibility index (Phi) is 6.70. The zero-order chi connectivity index (χ0) is 20.6. The Morgan fingerprint density at radius 2 is 2.03 bits per heavy atom. The van der Waals surface area contributed by atoms with Crippen LogP contribution in [0.4, 0.5) is 4.39 Å². The number of halogens is 2. The van der Waals surface area contributed by atoms with Gasteiger partial charge in [-0.15, -0.1) is 0 Å². The molecule has 0 bridgehead atoms. The van der Waals surface area contributed by atoms with Gasteiger partial charge in [0.25, 0.3) is 5.88 Å². The van der Waals surface area contributed by atoms with Crippen LogP contribution in [0, 0.1) is 5.82 Å². The average molecular weight is 415 g/mol. The molecule has 1 heterocycles. The topological polar surface area (TPSA) is 85.7 Å². The van der Waals surface area contributed by atoms with E-state index in [-0.39, 0.29) is 29.2 Å². The van der Waals surface area contributed by atoms with Gasteiger partial charge >= 0.3 is 0 Å². The number of carbonyl (C=O) groups is 1. The first-order valence-electron chi connectivity index (χ1n) is 8.45. The molecule has 0 aliphatic carbocycles. The molecule has 0 fully saturated rings. The second-order valence-corrected chi connectivity index (χ2v) is 6.10. The lowest BCUT2D eigenvalue weighted by molar-refractivity contribution is -0.120. The minimum atomic E-state index is -0.774. The molecule has 0 aliphatic heterocycles. The Morgan fingerprint density at radius 1 is 1.24 bits per heavy atom. The number of hydrazone groups is 1. The second kappa shape index (κ2) is 9.61. The summed E-state index contributed by atoms with van der Waals surface area (Å²) < 4.78 is 24.5. The highest BCUT2D eigenvalue weighted by molar-refractivity contribution is 6.28. The number of aromatic nitrogens is 2. The molecule has 1 aromatic heterocycles. The smallest absolute Gasteiger partial charge is 0.260 e. The SMILES string of the molecule is COc1ccc(/C=N/NC(=O)Cc2ccccc2)cc1Oc1nc(Cl)ncc1F. The van der Waals surface area contributed by atoms with Gasteiger partial charge in [0.05, 0.1) is 25.9 Å². The van der Waals surface area contributed by atoms with Crippen molar-refractivity contribution >= 4 is 23.7 Å². The molecule has 3 aromatic rings. The lowest BCUT2D eigenvalue weighted by Crippen LogP contribution is -2.19. The monoisotopic (exact) mass is 414 g/mol. The molecule has 7 nitrogen and oxygen atoms in total. The van der Waals surface area contributed by atoms with E-state index in [9.17, 15) is 9.18 Å². The van der Waals surface area contributed by atoms with Crippen LogP contribution in [0.15, 0.2) is 59.8 Å². The minimum absolute atomic E-state index is 0.154. The van der Waals surface area contributed by atoms with Gasteiger partial charge in [0, 0.05) is 0 Å². The lowest BCUT2D eigenvalue weighted by atomic mass is 10.1. The Morgan fingerprint density at radius 3 is 2.79 bits per heavy atom. The first-order valence-corrected chi connectivity index (χ1v) is 8.82. The molecule has 0 unspecified atom stereocenters. The molecular formula is C20H16ClFN4O3. The van der Waals surface area contributed by atoms with Crippen LogP contribution in [0.5, 0.6) is 17.4 Å². The molecule has 0 radical (unpaired) electrons. The molecule has 0 atom stereocenters. The van der Waals surface area contributed by atoms with Crippen molar-refractivity contribution in [1.29, 1.82) is 0 Å². The number of nitrogens with one attached hydrogen (secondary N) is 1. The third-order valence-corrected chi connectivity index (χ3v) is 3.87. The predicted molar refractivity (Wildman–Crippen MR) is 106 cm³/mol. The van der Waals surface area contributed by atoms with Crippen molar-refractivity contribution in [1.82, 2.24) is 15.4 Å². The molecule has 29 heavy (non-hydrogen) atoms. The van der Waals surface area contributed by atoms with Crippen LogP contribution < -0.4 is 14.9 Å². The first kappa shape index (κ1) is 20.2. The third-order valence-electron chi connectivity index (χ3n) is 3.69. The van der Waals surface area contributed by atoms with Crippen LogP contribution in [0.1, 0.15) is 11.1 Å². The van der Waals surface area contributed by atoms with Gasteiger partial charge in [0.15, 0.2) is 11.5 Å². The van der Waals surface area contributed by atoms with Crippen LogP contribution in [-0.4, -0.2) is 29.2 Å². The van der Waals surface area contributed by atoms with E-state index in [0.29, 0.717) is 11.3 Å². The van der Waals surface area contributed by atoms with Crippen molar-refractivity contribution in [2.45, 2.75) is 6.42 Å². The zero-order valence-electron chi connectivity index (χ0n) is 15.3. The number of rotatable bonds is 7. The van der Waals surface area contributed by atoms with Gasteiger partial charge in [-0.1, -0.05) is 30.3 Å². The zero-order valence-corrected chi connectivity index (χ0v) is 16.1. The summed E-state index contributed by atoms with van der Waals surface area (Å²) in [7, 11) is 1.45. The highest BCUT2D eigenvalue weighted by Gasteiger charge is 2.13. The van der Waals surface area contributed by atoms with E-state index >= 15 is 0 Å². The van der Waals surface area contributed by atoms with Gasteiger partial charge < -0.3 is 9.47 Å². The average Bonchev–Trinajstić information content (AvgIpc) is 2.72. The van der Waals surface area contributed by atoms with Crippen molar-refractivity contribution in [3.05, 3.63) is 77.0 Å². The van der Waals surface area contributed by atoms with Crippen molar-refractivity contribution in [2.75, 3.05) is 7.11 Å². The van der Waals surface area contributed by atoms with E-state index in [4.69, 9.17) is 21.1 Å². The molecule has 1 amide bonds. The number of ether oxygens (including phenoxy) is 2. The summed E-state index contributed by atoms with van der Waals surface area (Å²) in [5.74, 6) is -0.822. The highest BCUT2D eigenvalue weighted by Crippen LogP contribution is 2.32. The van der Waals surface area contributed by atoms with E-state index in [0.717, 1.165) is 11.8 Å². The van der Waals surface area contributed by atoms with Gasteiger partial charge in [0.2, 0.25) is 17.0 Å². The summed E-state index contributed by atoms with van der Waals surface area (Å²) in [6.07, 6.45) is 2.55. The number of carbonyl (C=O) groups excluding carboxylic acids is 1. The van der Waals surface area contributed by atoms with Crippen molar-refractivity contribution in [3.63, 3.8) is 0 Å². The summed E-state index contributed by atoms with van der Waals surface area (Å²) in [5, 5.41) is 3.78. The predicted octanol–water partition coefficient (Wildman–Crippen LogP) is 3.76. The maximum Gasteiger partial charge on any atom is 0.260 e. The van der Waals surface area contributed by atoms with Gasteiger partial charge in [0.1, 0.15) is 0 Å². The fourth-order valence-corrected chi connectivity index (χ4v) is 2.49. The molecular weight excluding hydrogens is 399 g/mol. The summed E-state index contributed by atoms with van der Waals surface area (Å²) in [6.45, 7) is 0. The fraction of sp³-hybridized carbons (Fsp3) is 0.100. The second-order valence-electron chi connectivity index (χ2n) is 5.76. The standard InChI is InChI=1S/C20H16ClFN4O3/c1-28-16-8-7-14(9-17(16)29-19-15(22)12-23-20(21)25-19)11-24-26-18(27)10-13-5-3-2-4-6-13/h2-9,11-12H,10H2,1H3,(H,26,27)/b24-11+. The van der Waals surface area contributed by atoms with Crippen LogP contribution in [0.2, 0.25) is 5.28 Å². The van der Waals surface area contributed by atoms with Crippen LogP contribution in [0.25, 0.3) is 0 Å². The summed E-state index contributed by atoms with van der Waals surface area (Å²) in [4.78, 5) is 19.2. The third kappa shape index (κ3) is 5.73. The molecule has 0 aliphatic rings. The molecule has 2 aromatic carbocycles. The van der Waals surface area contributed by atoms with Crippen LogP contribution in [-0.2, 0) is 11.2 Å². The molecule has 1 N–H and O–H groups in total. The molecule has 0 saturated heterocycles. The first-order chi connectivity index (χ1) is 14.0. The molecule has 9 heteroatoms. The number of benzene rings is 2. The number of amides is 1. The number of hydrogen-bond donors (Lipinski definition) is 1. The largest absolute Gasteiger partial charge is 0.493 e. The molecule has 148 valence electrons. The van der Waals surface area contributed by atoms with E-state index in [2.05, 4.69) is 20.5 Å². The molecule has 3 rings (SSSR count). The van der Waals surface area contributed by atoms with E-state index < -0.39 is 5.82 Å². The summed E-state index contributed by atoms with van der Waals surface area (Å²) in [6, 6.07) is 14.2. The number of nitrogens with zero attached hydrogens (tertiary/aromatic N) is 3. The van der Waals surface area contributed by atoms with Crippen molar-refractivity contribution in [3.8, 4) is 17.4 Å². The summed E-state index contributed by atoms with van der Waals surface area (Å²) in [5.41, 5.74) is 3.92. The normalized spacial score (nSPS) is 10.7. The highest BCUT2D eigenvalue weighted by atomic mass is 35.5. The van der Waals surface area contributed by atoms with E-state index in [1.54, 1.807) is 18.2 Å². The van der Waals surface area contributed by atoms with Crippen molar-refractivity contribution < 1.29 is 18.7 Å². The summed E-state index contributed by atoms with van der Waals surface area (Å²) >= 11 is 5.68. The fourth-order valence-electron chi connectivity index (χ4n) is 2.36. The number of methoxy groups -OCH3 is 1. The molecule has 0 saturated carbocycles. The Bertz CT molecular complexity index is 1030. The van der Waals surface area contributed by atoms with Gasteiger partial charge in [-0.3, -0.25) is 4.79 Å². The van der Waals surface area contributed by atoms with Crippen LogP contribution in [0.3, 0.4) is 0 Å². The van der Waals surface area contributed by atoms with Gasteiger partial charge in [-0.2, -0.15) is 14.5 Å². The van der Waals surface area contributed by atoms with Gasteiger partial charge in [-0.25, -0.2) is 10.4 Å². The Labute approximate surface area is 171 Å². The Balaban J connectivity index is 1.70. The molecule has 0 spiro atoms. The van der Waals surface area contributed by atoms with Gasteiger partial charge in [-0.05, 0) is 40.9 Å². The maximum absolute atomic E-state index is 13.8. The van der Waals surface area contributed by atoms with E-state index in [1.165, 1.54) is 13.3 Å². The Hall–Kier alpha value is -3.52. The maximum atomic E-state index is 13.8.